The average molecular weight is 338 g/mol. The number of nitrogens with zero attached hydrogens (tertiary/aromatic N) is 3. The zero-order valence-corrected chi connectivity index (χ0v) is 14.3. The van der Waals surface area contributed by atoms with Crippen LogP contribution in [0.1, 0.15) is 50.3 Å². The molecular weight excluding hydrogens is 312 g/mol. The lowest BCUT2D eigenvalue weighted by Crippen LogP contribution is -2.44. The van der Waals surface area contributed by atoms with Crippen molar-refractivity contribution in [1.82, 2.24) is 19.4 Å². The van der Waals surface area contributed by atoms with Gasteiger partial charge in [-0.1, -0.05) is 12.8 Å². The van der Waals surface area contributed by atoms with Gasteiger partial charge >= 0.3 is 0 Å². The van der Waals surface area contributed by atoms with Crippen molar-refractivity contribution in [3.8, 4) is 0 Å². The molecule has 3 aliphatic rings. The van der Waals surface area contributed by atoms with Crippen LogP contribution in [0.5, 0.6) is 0 Å². The Bertz CT molecular complexity index is 647. The van der Waals surface area contributed by atoms with Gasteiger partial charge in [0.2, 0.25) is 10.0 Å². The Morgan fingerprint density at radius 1 is 1.22 bits per heavy atom. The molecule has 0 bridgehead atoms. The molecule has 0 amide bonds. The van der Waals surface area contributed by atoms with Gasteiger partial charge < -0.3 is 0 Å². The lowest BCUT2D eigenvalue weighted by molar-refractivity contribution is 0.152. The van der Waals surface area contributed by atoms with Crippen molar-refractivity contribution in [3.63, 3.8) is 0 Å². The second kappa shape index (κ2) is 6.18. The highest BCUT2D eigenvalue weighted by atomic mass is 32.2. The molecule has 2 heterocycles. The third-order valence-corrected chi connectivity index (χ3v) is 7.35. The van der Waals surface area contributed by atoms with Crippen molar-refractivity contribution in [2.45, 2.75) is 56.4 Å². The zero-order valence-electron chi connectivity index (χ0n) is 13.5. The first-order valence-electron chi connectivity index (χ1n) is 8.85. The highest BCUT2D eigenvalue weighted by Gasteiger charge is 2.36. The lowest BCUT2D eigenvalue weighted by Gasteiger charge is -2.35. The van der Waals surface area contributed by atoms with Gasteiger partial charge in [-0.05, 0) is 37.7 Å². The average Bonchev–Trinajstić information content (AvgIpc) is 3.08. The van der Waals surface area contributed by atoms with E-state index in [9.17, 15) is 8.42 Å². The molecule has 1 aromatic heterocycles. The third kappa shape index (κ3) is 3.46. The predicted molar refractivity (Wildman–Crippen MR) is 88.4 cm³/mol. The first-order valence-corrected chi connectivity index (χ1v) is 10.4. The van der Waals surface area contributed by atoms with E-state index in [0.29, 0.717) is 6.54 Å². The van der Waals surface area contributed by atoms with Crippen molar-refractivity contribution >= 4 is 10.0 Å². The van der Waals surface area contributed by atoms with Crippen LogP contribution < -0.4 is 4.72 Å². The van der Waals surface area contributed by atoms with Crippen molar-refractivity contribution in [2.24, 2.45) is 5.92 Å². The SMILES string of the molecule is O=S(=O)(NC[C@H]1CN(CC2CCCC2)Cc2ccnn21)C1CC1. The highest BCUT2D eigenvalue weighted by Crippen LogP contribution is 2.30. The molecule has 1 aromatic rings. The zero-order chi connectivity index (χ0) is 15.9. The summed E-state index contributed by atoms with van der Waals surface area (Å²) in [6.45, 7) is 3.41. The molecule has 0 aromatic carbocycles. The molecule has 2 fully saturated rings. The van der Waals surface area contributed by atoms with E-state index in [4.69, 9.17) is 0 Å². The summed E-state index contributed by atoms with van der Waals surface area (Å²) >= 11 is 0. The quantitative estimate of drug-likeness (QED) is 0.854. The molecule has 23 heavy (non-hydrogen) atoms. The highest BCUT2D eigenvalue weighted by molar-refractivity contribution is 7.90. The van der Waals surface area contributed by atoms with Gasteiger partial charge in [-0.3, -0.25) is 9.58 Å². The molecule has 0 radical (unpaired) electrons. The van der Waals surface area contributed by atoms with Crippen LogP contribution in [0.15, 0.2) is 12.3 Å². The minimum Gasteiger partial charge on any atom is -0.295 e. The van der Waals surface area contributed by atoms with Crippen molar-refractivity contribution in [1.29, 1.82) is 0 Å². The fourth-order valence-electron chi connectivity index (χ4n) is 4.02. The fraction of sp³-hybridized carbons (Fsp3) is 0.812. The number of hydrogen-bond acceptors (Lipinski definition) is 4. The van der Waals surface area contributed by atoms with Crippen LogP contribution in [0.3, 0.4) is 0 Å². The van der Waals surface area contributed by atoms with Gasteiger partial charge in [-0.2, -0.15) is 5.10 Å². The molecule has 0 saturated heterocycles. The maximum atomic E-state index is 12.1. The summed E-state index contributed by atoms with van der Waals surface area (Å²) in [7, 11) is -3.12. The maximum absolute atomic E-state index is 12.1. The molecule has 2 aliphatic carbocycles. The van der Waals surface area contributed by atoms with Crippen LogP contribution in [0.25, 0.3) is 0 Å². The molecule has 0 unspecified atom stereocenters. The van der Waals surface area contributed by atoms with Gasteiger partial charge in [0.15, 0.2) is 0 Å². The lowest BCUT2D eigenvalue weighted by atomic mass is 10.1. The third-order valence-electron chi connectivity index (χ3n) is 5.43. The van der Waals surface area contributed by atoms with Crippen molar-refractivity contribution < 1.29 is 8.42 Å². The normalized spacial score (nSPS) is 26.5. The van der Waals surface area contributed by atoms with Crippen molar-refractivity contribution in [2.75, 3.05) is 19.6 Å². The smallest absolute Gasteiger partial charge is 0.214 e. The summed E-state index contributed by atoms with van der Waals surface area (Å²) in [5.74, 6) is 0.813. The molecule has 7 heteroatoms. The van der Waals surface area contributed by atoms with Gasteiger partial charge in [-0.15, -0.1) is 0 Å². The largest absolute Gasteiger partial charge is 0.295 e. The van der Waals surface area contributed by atoms with Gasteiger partial charge in [0.25, 0.3) is 0 Å². The monoisotopic (exact) mass is 338 g/mol. The van der Waals surface area contributed by atoms with E-state index in [-0.39, 0.29) is 11.3 Å². The number of nitrogens with one attached hydrogen (secondary N) is 1. The van der Waals surface area contributed by atoms with Crippen LogP contribution in [0, 0.1) is 5.92 Å². The van der Waals surface area contributed by atoms with Gasteiger partial charge in [-0.25, -0.2) is 13.1 Å². The Kier molecular flexibility index (Phi) is 4.19. The van der Waals surface area contributed by atoms with E-state index in [0.717, 1.165) is 38.4 Å². The molecule has 4 rings (SSSR count). The minimum absolute atomic E-state index is 0.101. The van der Waals surface area contributed by atoms with E-state index >= 15 is 0 Å². The number of sulfonamides is 1. The standard InChI is InChI=1S/C16H26N4O2S/c21-23(22,16-5-6-16)18-9-15-12-19(10-13-3-1-2-4-13)11-14-7-8-17-20(14)15/h7-8,13,15-16,18H,1-6,9-12H2/t15-/m0/s1. The first kappa shape index (κ1) is 15.6. The van der Waals surface area contributed by atoms with Gasteiger partial charge in [0.05, 0.1) is 17.0 Å². The summed E-state index contributed by atoms with van der Waals surface area (Å²) in [6, 6.07) is 2.16. The van der Waals surface area contributed by atoms with Crippen molar-refractivity contribution in [3.05, 3.63) is 18.0 Å². The predicted octanol–water partition coefficient (Wildman–Crippen LogP) is 1.51. The molecule has 2 saturated carbocycles. The Balaban J connectivity index is 1.42. The van der Waals surface area contributed by atoms with E-state index in [2.05, 4.69) is 20.8 Å². The van der Waals surface area contributed by atoms with Gasteiger partial charge in [0, 0.05) is 32.4 Å². The molecule has 1 atom stereocenters. The minimum atomic E-state index is -3.12. The van der Waals surface area contributed by atoms with Crippen LogP contribution >= 0.6 is 0 Å². The van der Waals surface area contributed by atoms with E-state index in [1.807, 2.05) is 10.9 Å². The first-order chi connectivity index (χ1) is 11.1. The number of hydrogen-bond donors (Lipinski definition) is 1. The molecular formula is C16H26N4O2S. The van der Waals surface area contributed by atoms with Crippen LogP contribution in [-0.4, -0.2) is 48.0 Å². The number of rotatable bonds is 6. The van der Waals surface area contributed by atoms with Crippen LogP contribution in [-0.2, 0) is 16.6 Å². The molecule has 6 nitrogen and oxygen atoms in total. The van der Waals surface area contributed by atoms with E-state index in [1.54, 1.807) is 0 Å². The summed E-state index contributed by atoms with van der Waals surface area (Å²) in [5.41, 5.74) is 1.20. The summed E-state index contributed by atoms with van der Waals surface area (Å²) < 4.78 is 29.0. The molecule has 1 aliphatic heterocycles. The maximum Gasteiger partial charge on any atom is 0.214 e. The molecule has 128 valence electrons. The summed E-state index contributed by atoms with van der Waals surface area (Å²) in [6.07, 6.45) is 8.85. The molecule has 1 N–H and O–H groups in total. The van der Waals surface area contributed by atoms with Crippen LogP contribution in [0.4, 0.5) is 0 Å². The topological polar surface area (TPSA) is 67.2 Å². The summed E-state index contributed by atoms with van der Waals surface area (Å²) in [5, 5.41) is 4.27. The van der Waals surface area contributed by atoms with E-state index < -0.39 is 10.0 Å². The second-order valence-electron chi connectivity index (χ2n) is 7.36. The van der Waals surface area contributed by atoms with E-state index in [1.165, 1.54) is 31.4 Å². The number of fused-ring (bicyclic) bond motifs is 1. The Labute approximate surface area is 138 Å². The Morgan fingerprint density at radius 3 is 2.74 bits per heavy atom. The Morgan fingerprint density at radius 2 is 2.00 bits per heavy atom. The fourth-order valence-corrected chi connectivity index (χ4v) is 5.44. The van der Waals surface area contributed by atoms with Crippen LogP contribution in [0.2, 0.25) is 0 Å². The summed E-state index contributed by atoms with van der Waals surface area (Å²) in [4.78, 5) is 2.49. The molecule has 0 spiro atoms. The Hall–Kier alpha value is -0.920. The van der Waals surface area contributed by atoms with Gasteiger partial charge in [0.1, 0.15) is 0 Å². The number of aromatic nitrogens is 2. The second-order valence-corrected chi connectivity index (χ2v) is 9.40.